The van der Waals surface area contributed by atoms with Crippen molar-refractivity contribution in [3.05, 3.63) is 11.6 Å². The van der Waals surface area contributed by atoms with Gasteiger partial charge in [0, 0.05) is 13.1 Å². The lowest BCUT2D eigenvalue weighted by Gasteiger charge is -1.93. The molecule has 0 aliphatic carbocycles. The van der Waals surface area contributed by atoms with E-state index in [0.717, 1.165) is 12.0 Å². The molecule has 0 spiro atoms. The molecule has 2 heteroatoms. The van der Waals surface area contributed by atoms with Gasteiger partial charge < -0.3 is 5.32 Å². The van der Waals surface area contributed by atoms with E-state index in [2.05, 4.69) is 5.32 Å². The number of hydrogen-bond acceptors (Lipinski definition) is 1. The molecule has 0 unspecified atom stereocenters. The van der Waals surface area contributed by atoms with E-state index in [1.807, 2.05) is 13.8 Å². The molecule has 0 atom stereocenters. The van der Waals surface area contributed by atoms with Crippen LogP contribution in [0.4, 0.5) is 0 Å². The smallest absolute Gasteiger partial charge is 0.243 e. The molecule has 2 nitrogen and oxygen atoms in total. The minimum atomic E-state index is -0.0191. The maximum Gasteiger partial charge on any atom is 0.243 e. The number of carbonyl (C=O) groups excluding carboxylic acids is 1. The normalized spacial score (nSPS) is 11.2. The van der Waals surface area contributed by atoms with Crippen molar-refractivity contribution in [2.75, 3.05) is 7.05 Å². The summed E-state index contributed by atoms with van der Waals surface area (Å²) in [5.74, 6) is -0.0191. The lowest BCUT2D eigenvalue weighted by molar-refractivity contribution is -0.116. The zero-order valence-corrected chi connectivity index (χ0v) is 6.19. The van der Waals surface area contributed by atoms with Gasteiger partial charge in [0.2, 0.25) is 5.91 Å². The van der Waals surface area contributed by atoms with Gasteiger partial charge in [-0.2, -0.15) is 0 Å². The lowest BCUT2D eigenvalue weighted by Crippen LogP contribution is -2.14. The highest BCUT2D eigenvalue weighted by atomic mass is 16.1. The minimum absolute atomic E-state index is 0.0191. The van der Waals surface area contributed by atoms with Gasteiger partial charge in [0.25, 0.3) is 0 Å². The first-order valence-electron chi connectivity index (χ1n) is 3.09. The molecule has 0 rings (SSSR count). The highest BCUT2D eigenvalue weighted by Gasteiger charge is 1.89. The van der Waals surface area contributed by atoms with Crippen molar-refractivity contribution in [2.45, 2.75) is 20.3 Å². The van der Waals surface area contributed by atoms with Gasteiger partial charge in [0.05, 0.1) is 0 Å². The van der Waals surface area contributed by atoms with Crippen molar-refractivity contribution < 1.29 is 4.79 Å². The van der Waals surface area contributed by atoms with E-state index < -0.39 is 0 Å². The Morgan fingerprint density at radius 3 is 2.56 bits per heavy atom. The summed E-state index contributed by atoms with van der Waals surface area (Å²) in [5.41, 5.74) is 1.11. The summed E-state index contributed by atoms with van der Waals surface area (Å²) < 4.78 is 0. The van der Waals surface area contributed by atoms with Crippen LogP contribution in [-0.2, 0) is 4.79 Å². The zero-order chi connectivity index (χ0) is 7.28. The number of carbonyl (C=O) groups is 1. The van der Waals surface area contributed by atoms with Gasteiger partial charge in [-0.05, 0) is 13.3 Å². The largest absolute Gasteiger partial charge is 0.356 e. The van der Waals surface area contributed by atoms with Gasteiger partial charge in [-0.25, -0.2) is 0 Å². The molecular weight excluding hydrogens is 114 g/mol. The van der Waals surface area contributed by atoms with Crippen molar-refractivity contribution in [3.63, 3.8) is 0 Å². The second kappa shape index (κ2) is 4.13. The van der Waals surface area contributed by atoms with Gasteiger partial charge in [0.1, 0.15) is 0 Å². The predicted molar refractivity (Wildman–Crippen MR) is 38.1 cm³/mol. The Hall–Kier alpha value is -0.790. The van der Waals surface area contributed by atoms with Gasteiger partial charge in [-0.3, -0.25) is 4.79 Å². The topological polar surface area (TPSA) is 29.1 Å². The van der Waals surface area contributed by atoms with E-state index in [0.29, 0.717) is 0 Å². The van der Waals surface area contributed by atoms with Crippen molar-refractivity contribution in [1.82, 2.24) is 5.32 Å². The summed E-state index contributed by atoms with van der Waals surface area (Å²) in [4.78, 5) is 10.6. The number of amides is 1. The quantitative estimate of drug-likeness (QED) is 0.553. The van der Waals surface area contributed by atoms with Crippen LogP contribution in [0.2, 0.25) is 0 Å². The number of hydrogen-bond donors (Lipinski definition) is 1. The maximum absolute atomic E-state index is 10.6. The van der Waals surface area contributed by atoms with Gasteiger partial charge in [0.15, 0.2) is 0 Å². The summed E-state index contributed by atoms with van der Waals surface area (Å²) in [6, 6.07) is 0. The fourth-order valence-corrected chi connectivity index (χ4v) is 0.398. The van der Waals surface area contributed by atoms with Crippen molar-refractivity contribution in [3.8, 4) is 0 Å². The minimum Gasteiger partial charge on any atom is -0.356 e. The number of rotatable bonds is 2. The molecule has 0 heterocycles. The molecule has 1 N–H and O–H groups in total. The summed E-state index contributed by atoms with van der Waals surface area (Å²) in [7, 11) is 1.63. The molecule has 0 aliphatic rings. The van der Waals surface area contributed by atoms with Crippen molar-refractivity contribution in [2.24, 2.45) is 0 Å². The molecule has 0 radical (unpaired) electrons. The molecular formula is C7H13NO. The molecule has 9 heavy (non-hydrogen) atoms. The van der Waals surface area contributed by atoms with Crippen LogP contribution < -0.4 is 5.32 Å². The van der Waals surface area contributed by atoms with E-state index in [4.69, 9.17) is 0 Å². The SMILES string of the molecule is CC/C(C)=C/C(=O)NC. The van der Waals surface area contributed by atoms with E-state index >= 15 is 0 Å². The third-order valence-corrected chi connectivity index (χ3v) is 1.18. The first kappa shape index (κ1) is 8.21. The van der Waals surface area contributed by atoms with Crippen LogP contribution in [0.15, 0.2) is 11.6 Å². The Kier molecular flexibility index (Phi) is 3.76. The highest BCUT2D eigenvalue weighted by Crippen LogP contribution is 1.95. The first-order valence-corrected chi connectivity index (χ1v) is 3.09. The number of allylic oxidation sites excluding steroid dienone is 1. The lowest BCUT2D eigenvalue weighted by atomic mass is 10.2. The molecule has 0 aromatic heterocycles. The molecule has 0 saturated heterocycles. The van der Waals surface area contributed by atoms with Crippen LogP contribution >= 0.6 is 0 Å². The van der Waals surface area contributed by atoms with Gasteiger partial charge >= 0.3 is 0 Å². The first-order chi connectivity index (χ1) is 4.20. The van der Waals surface area contributed by atoms with Gasteiger partial charge in [-0.1, -0.05) is 12.5 Å². The van der Waals surface area contributed by atoms with Crippen molar-refractivity contribution in [1.29, 1.82) is 0 Å². The summed E-state index contributed by atoms with van der Waals surface area (Å²) in [6.45, 7) is 3.96. The molecule has 0 fully saturated rings. The molecule has 0 aliphatic heterocycles. The van der Waals surface area contributed by atoms with Crippen molar-refractivity contribution >= 4 is 5.91 Å². The standard InChI is InChI=1S/C7H13NO/c1-4-6(2)5-7(9)8-3/h5H,4H2,1-3H3,(H,8,9)/b6-5+. The van der Waals surface area contributed by atoms with Crippen LogP contribution in [0.25, 0.3) is 0 Å². The zero-order valence-electron chi connectivity index (χ0n) is 6.19. The Bertz CT molecular complexity index is 127. The van der Waals surface area contributed by atoms with E-state index in [1.54, 1.807) is 13.1 Å². The van der Waals surface area contributed by atoms with Crippen LogP contribution in [0.3, 0.4) is 0 Å². The molecule has 0 aromatic carbocycles. The van der Waals surface area contributed by atoms with Crippen LogP contribution in [0, 0.1) is 0 Å². The van der Waals surface area contributed by atoms with E-state index in [1.165, 1.54) is 0 Å². The Morgan fingerprint density at radius 1 is 1.67 bits per heavy atom. The molecule has 0 aromatic rings. The predicted octanol–water partition coefficient (Wildman–Crippen LogP) is 1.09. The summed E-state index contributed by atoms with van der Waals surface area (Å²) in [5, 5.41) is 2.51. The second-order valence-electron chi connectivity index (χ2n) is 1.96. The Balaban J connectivity index is 3.79. The molecule has 1 amide bonds. The molecule has 0 saturated carbocycles. The Morgan fingerprint density at radius 2 is 2.22 bits per heavy atom. The Labute approximate surface area is 56.0 Å². The summed E-state index contributed by atoms with van der Waals surface area (Å²) in [6.07, 6.45) is 2.55. The van der Waals surface area contributed by atoms with E-state index in [-0.39, 0.29) is 5.91 Å². The fourth-order valence-electron chi connectivity index (χ4n) is 0.398. The second-order valence-corrected chi connectivity index (χ2v) is 1.96. The number of nitrogens with one attached hydrogen (secondary N) is 1. The van der Waals surface area contributed by atoms with Crippen LogP contribution in [0.5, 0.6) is 0 Å². The fraction of sp³-hybridized carbons (Fsp3) is 0.571. The molecule has 52 valence electrons. The number of likely N-dealkylation sites (N-methyl/N-ethyl adjacent to an activating group) is 1. The summed E-state index contributed by atoms with van der Waals surface area (Å²) >= 11 is 0. The monoisotopic (exact) mass is 127 g/mol. The third kappa shape index (κ3) is 3.76. The average Bonchev–Trinajstić information content (AvgIpc) is 1.87. The van der Waals surface area contributed by atoms with Crippen LogP contribution in [0.1, 0.15) is 20.3 Å². The maximum atomic E-state index is 10.6. The highest BCUT2D eigenvalue weighted by molar-refractivity contribution is 5.87. The third-order valence-electron chi connectivity index (χ3n) is 1.18. The average molecular weight is 127 g/mol. The molecule has 0 bridgehead atoms. The van der Waals surface area contributed by atoms with Crippen LogP contribution in [-0.4, -0.2) is 13.0 Å². The van der Waals surface area contributed by atoms with Gasteiger partial charge in [-0.15, -0.1) is 0 Å². The van der Waals surface area contributed by atoms with E-state index in [9.17, 15) is 4.79 Å².